The van der Waals surface area contributed by atoms with Crippen LogP contribution in [0.15, 0.2) is 24.3 Å². The van der Waals surface area contributed by atoms with E-state index in [1.807, 2.05) is 0 Å². The van der Waals surface area contributed by atoms with Crippen molar-refractivity contribution in [3.63, 3.8) is 0 Å². The molecule has 3 rings (SSSR count). The van der Waals surface area contributed by atoms with Crippen molar-refractivity contribution in [1.29, 1.82) is 0 Å². The number of nitrogens with zero attached hydrogens (tertiary/aromatic N) is 2. The van der Waals surface area contributed by atoms with Crippen LogP contribution in [-0.4, -0.2) is 47.4 Å². The summed E-state index contributed by atoms with van der Waals surface area (Å²) in [5.74, 6) is -1.18. The molecule has 0 unspecified atom stereocenters. The van der Waals surface area contributed by atoms with E-state index in [4.69, 9.17) is 0 Å². The minimum atomic E-state index is -4.36. The molecule has 26 heavy (non-hydrogen) atoms. The Morgan fingerprint density at radius 2 is 1.92 bits per heavy atom. The molecule has 4 nitrogen and oxygen atoms in total. The van der Waals surface area contributed by atoms with Gasteiger partial charge in [0.25, 0.3) is 0 Å². The number of amides is 2. The maximum absolute atomic E-state index is 13.6. The van der Waals surface area contributed by atoms with E-state index in [0.717, 1.165) is 0 Å². The summed E-state index contributed by atoms with van der Waals surface area (Å²) < 4.78 is 50.7. The minimum absolute atomic E-state index is 0.0120. The van der Waals surface area contributed by atoms with Crippen LogP contribution in [-0.2, 0) is 9.59 Å². The molecule has 0 N–H and O–H groups in total. The third kappa shape index (κ3) is 3.83. The molecule has 2 aliphatic heterocycles. The first kappa shape index (κ1) is 18.7. The molecule has 3 atom stereocenters. The minimum Gasteiger partial charge on any atom is -0.342 e. The molecule has 2 heterocycles. The molecule has 0 aliphatic carbocycles. The lowest BCUT2D eigenvalue weighted by Crippen LogP contribution is -2.36. The van der Waals surface area contributed by atoms with Crippen LogP contribution in [0.2, 0.25) is 0 Å². The van der Waals surface area contributed by atoms with Crippen LogP contribution < -0.4 is 0 Å². The molecule has 2 aliphatic rings. The first-order valence-electron chi connectivity index (χ1n) is 8.53. The molecule has 0 bridgehead atoms. The van der Waals surface area contributed by atoms with Crippen molar-refractivity contribution in [3.8, 4) is 0 Å². The molecule has 0 radical (unpaired) electrons. The molecule has 8 heteroatoms. The summed E-state index contributed by atoms with van der Waals surface area (Å²) in [6.07, 6.45) is -6.06. The van der Waals surface area contributed by atoms with Gasteiger partial charge >= 0.3 is 6.18 Å². The summed E-state index contributed by atoms with van der Waals surface area (Å²) in [4.78, 5) is 27.2. The lowest BCUT2D eigenvalue weighted by molar-refractivity contribution is -0.148. The van der Waals surface area contributed by atoms with E-state index >= 15 is 0 Å². The van der Waals surface area contributed by atoms with Crippen molar-refractivity contribution in [2.45, 2.75) is 32.0 Å². The highest BCUT2D eigenvalue weighted by Crippen LogP contribution is 2.45. The van der Waals surface area contributed by atoms with Gasteiger partial charge in [-0.15, -0.1) is 0 Å². The van der Waals surface area contributed by atoms with Crippen molar-refractivity contribution in [2.75, 3.05) is 19.6 Å². The number of likely N-dealkylation sites (tertiary alicyclic amines) is 2. The summed E-state index contributed by atoms with van der Waals surface area (Å²) in [6.45, 7) is 2.48. The summed E-state index contributed by atoms with van der Waals surface area (Å²) in [7, 11) is 0. The first-order valence-corrected chi connectivity index (χ1v) is 8.53. The topological polar surface area (TPSA) is 40.6 Å². The molecular weight excluding hydrogens is 352 g/mol. The van der Waals surface area contributed by atoms with Crippen molar-refractivity contribution < 1.29 is 27.2 Å². The number of alkyl halides is 3. The van der Waals surface area contributed by atoms with E-state index in [1.165, 1.54) is 24.0 Å². The zero-order chi connectivity index (χ0) is 19.1. The monoisotopic (exact) mass is 372 g/mol. The van der Waals surface area contributed by atoms with Crippen molar-refractivity contribution in [3.05, 3.63) is 35.6 Å². The Bertz CT molecular complexity index is 707. The largest absolute Gasteiger partial charge is 0.389 e. The fourth-order valence-corrected chi connectivity index (χ4v) is 4.10. The average molecular weight is 372 g/mol. The van der Waals surface area contributed by atoms with Gasteiger partial charge in [-0.05, 0) is 17.7 Å². The average Bonchev–Trinajstić information content (AvgIpc) is 3.09. The van der Waals surface area contributed by atoms with E-state index in [-0.39, 0.29) is 30.3 Å². The maximum atomic E-state index is 13.6. The molecule has 0 saturated carbocycles. The standard InChI is InChI=1S/C18H20F4N2O2/c1-11(25)24-9-13-8-23(16(26)5-6-18(20,21)22)10-15(13)17(24)12-3-2-4-14(19)7-12/h2-4,7,13,15,17H,5-6,8-10H2,1H3/t13-,15-,17-/m1/s1. The van der Waals surface area contributed by atoms with Gasteiger partial charge in [-0.2, -0.15) is 13.2 Å². The van der Waals surface area contributed by atoms with E-state index in [2.05, 4.69) is 0 Å². The molecule has 1 aromatic rings. The zero-order valence-electron chi connectivity index (χ0n) is 14.3. The molecule has 2 saturated heterocycles. The summed E-state index contributed by atoms with van der Waals surface area (Å²) in [5, 5.41) is 0. The fraction of sp³-hybridized carbons (Fsp3) is 0.556. The quantitative estimate of drug-likeness (QED) is 0.765. The van der Waals surface area contributed by atoms with Crippen LogP contribution in [0, 0.1) is 17.7 Å². The third-order valence-electron chi connectivity index (χ3n) is 5.23. The van der Waals surface area contributed by atoms with Gasteiger partial charge in [-0.25, -0.2) is 4.39 Å². The molecule has 0 aromatic heterocycles. The van der Waals surface area contributed by atoms with Gasteiger partial charge in [0.2, 0.25) is 11.8 Å². The Morgan fingerprint density at radius 3 is 2.54 bits per heavy atom. The number of halogens is 4. The predicted molar refractivity (Wildman–Crippen MR) is 85.4 cm³/mol. The maximum Gasteiger partial charge on any atom is 0.389 e. The Kier molecular flexibility index (Phi) is 4.94. The normalized spacial score (nSPS) is 25.5. The molecule has 0 spiro atoms. The zero-order valence-corrected chi connectivity index (χ0v) is 14.3. The molecular formula is C18H20F4N2O2. The van der Waals surface area contributed by atoms with Crippen molar-refractivity contribution >= 4 is 11.8 Å². The van der Waals surface area contributed by atoms with Gasteiger partial charge in [-0.1, -0.05) is 12.1 Å². The van der Waals surface area contributed by atoms with Gasteiger partial charge in [0.15, 0.2) is 0 Å². The smallest absolute Gasteiger partial charge is 0.342 e. The highest BCUT2D eigenvalue weighted by molar-refractivity contribution is 5.77. The number of rotatable bonds is 3. The summed E-state index contributed by atoms with van der Waals surface area (Å²) >= 11 is 0. The Hall–Kier alpha value is -2.12. The molecule has 2 fully saturated rings. The van der Waals surface area contributed by atoms with Gasteiger partial charge in [-0.3, -0.25) is 9.59 Å². The molecule has 1 aromatic carbocycles. The lowest BCUT2D eigenvalue weighted by Gasteiger charge is -2.29. The number of carbonyl (C=O) groups excluding carboxylic acids is 2. The molecule has 2 amide bonds. The number of carbonyl (C=O) groups is 2. The van der Waals surface area contributed by atoms with Gasteiger partial charge in [0.05, 0.1) is 12.5 Å². The Morgan fingerprint density at radius 1 is 1.19 bits per heavy atom. The number of benzene rings is 1. The van der Waals surface area contributed by atoms with Crippen LogP contribution in [0.1, 0.15) is 31.4 Å². The second-order valence-corrected chi connectivity index (χ2v) is 7.01. The highest BCUT2D eigenvalue weighted by Gasteiger charge is 2.49. The van der Waals surface area contributed by atoms with Crippen LogP contribution in [0.5, 0.6) is 0 Å². The van der Waals surface area contributed by atoms with Crippen LogP contribution in [0.3, 0.4) is 0 Å². The number of hydrogen-bond acceptors (Lipinski definition) is 2. The third-order valence-corrected chi connectivity index (χ3v) is 5.23. The summed E-state index contributed by atoms with van der Waals surface area (Å²) in [5.41, 5.74) is 0.650. The lowest BCUT2D eigenvalue weighted by atomic mass is 9.89. The van der Waals surface area contributed by atoms with Crippen molar-refractivity contribution in [2.24, 2.45) is 11.8 Å². The molecule has 142 valence electrons. The fourth-order valence-electron chi connectivity index (χ4n) is 4.10. The van der Waals surface area contributed by atoms with Gasteiger partial charge < -0.3 is 9.80 Å². The van der Waals surface area contributed by atoms with Gasteiger partial charge in [0.1, 0.15) is 5.82 Å². The second kappa shape index (κ2) is 6.89. The Balaban J connectivity index is 1.76. The highest BCUT2D eigenvalue weighted by atomic mass is 19.4. The number of fused-ring (bicyclic) bond motifs is 1. The van der Waals surface area contributed by atoms with E-state index in [9.17, 15) is 27.2 Å². The van der Waals surface area contributed by atoms with Crippen molar-refractivity contribution in [1.82, 2.24) is 9.80 Å². The Labute approximate surface area is 148 Å². The number of hydrogen-bond donors (Lipinski definition) is 0. The van der Waals surface area contributed by atoms with E-state index in [1.54, 1.807) is 17.0 Å². The predicted octanol–water partition coefficient (Wildman–Crippen LogP) is 3.15. The van der Waals surface area contributed by atoms with Gasteiger partial charge in [0, 0.05) is 44.8 Å². The van der Waals surface area contributed by atoms with Crippen LogP contribution in [0.4, 0.5) is 17.6 Å². The first-order chi connectivity index (χ1) is 12.2. The van der Waals surface area contributed by atoms with E-state index < -0.39 is 30.7 Å². The van der Waals surface area contributed by atoms with E-state index in [0.29, 0.717) is 18.7 Å². The second-order valence-electron chi connectivity index (χ2n) is 7.01. The van der Waals surface area contributed by atoms with Crippen LogP contribution in [0.25, 0.3) is 0 Å². The SMILES string of the molecule is CC(=O)N1C[C@H]2CN(C(=O)CCC(F)(F)F)C[C@H]2[C@H]1c1cccc(F)c1. The van der Waals surface area contributed by atoms with Crippen LogP contribution >= 0.6 is 0 Å². The summed E-state index contributed by atoms with van der Waals surface area (Å²) in [6, 6.07) is 5.62.